The van der Waals surface area contributed by atoms with Gasteiger partial charge in [-0.1, -0.05) is 34.6 Å². The zero-order valence-electron chi connectivity index (χ0n) is 22.4. The van der Waals surface area contributed by atoms with Crippen LogP contribution in [-0.4, -0.2) is 41.7 Å². The molecule has 1 aliphatic heterocycles. The summed E-state index contributed by atoms with van der Waals surface area (Å²) >= 11 is 0. The van der Waals surface area contributed by atoms with Gasteiger partial charge in [-0.25, -0.2) is 0 Å². The van der Waals surface area contributed by atoms with Gasteiger partial charge in [-0.3, -0.25) is 0 Å². The van der Waals surface area contributed by atoms with Gasteiger partial charge < -0.3 is 20.3 Å². The summed E-state index contributed by atoms with van der Waals surface area (Å²) < 4.78 is 44.3. The second-order valence-corrected chi connectivity index (χ2v) is 14.3. The van der Waals surface area contributed by atoms with Gasteiger partial charge in [0.15, 0.2) is 0 Å². The molecule has 0 aromatic heterocycles. The molecule has 0 aromatic carbocycles. The summed E-state index contributed by atoms with van der Waals surface area (Å²) in [6, 6.07) is 0. The predicted octanol–water partition coefficient (Wildman–Crippen LogP) is 5.60. The highest BCUT2D eigenvalue weighted by Crippen LogP contribution is 2.90. The van der Waals surface area contributed by atoms with Crippen LogP contribution < -0.4 is 5.32 Å². The van der Waals surface area contributed by atoms with Gasteiger partial charge in [0.05, 0.1) is 18.8 Å². The number of hydrogen-bond acceptors (Lipinski definition) is 4. The smallest absolute Gasteiger partial charge is 0.393 e. The highest BCUT2D eigenvalue weighted by atomic mass is 19.4. The number of aliphatic hydroxyl groups is 2. The maximum Gasteiger partial charge on any atom is 0.401 e. The Bertz CT molecular complexity index is 911. The van der Waals surface area contributed by atoms with E-state index in [4.69, 9.17) is 4.74 Å². The minimum Gasteiger partial charge on any atom is -0.393 e. The van der Waals surface area contributed by atoms with Crippen LogP contribution >= 0.6 is 0 Å². The van der Waals surface area contributed by atoms with Crippen LogP contribution in [0, 0.1) is 63.0 Å². The van der Waals surface area contributed by atoms with Gasteiger partial charge in [-0.05, 0) is 90.8 Å². The number of alkyl halides is 3. The van der Waals surface area contributed by atoms with Gasteiger partial charge in [0, 0.05) is 17.9 Å². The normalized spacial score (nSPS) is 52.7. The summed E-state index contributed by atoms with van der Waals surface area (Å²) in [6.07, 6.45) is 4.03. The lowest BCUT2D eigenvalue weighted by atomic mass is 9.41. The van der Waals surface area contributed by atoms with Crippen molar-refractivity contribution >= 4 is 0 Å². The molecule has 6 fully saturated rings. The molecule has 9 atom stereocenters. The van der Waals surface area contributed by atoms with Gasteiger partial charge in [-0.2, -0.15) is 13.2 Å². The van der Waals surface area contributed by atoms with Crippen molar-refractivity contribution in [2.75, 3.05) is 13.1 Å². The summed E-state index contributed by atoms with van der Waals surface area (Å²) in [5.74, 6) is 2.36. The first kappa shape index (κ1) is 25.9. The predicted molar refractivity (Wildman–Crippen MR) is 130 cm³/mol. The van der Waals surface area contributed by atoms with Crippen LogP contribution in [0.2, 0.25) is 0 Å². The molecule has 0 amide bonds. The zero-order chi connectivity index (χ0) is 26.1. The maximum atomic E-state index is 12.7. The quantitative estimate of drug-likeness (QED) is 0.463. The first-order valence-corrected chi connectivity index (χ1v) is 14.0. The first-order chi connectivity index (χ1) is 16.6. The van der Waals surface area contributed by atoms with Crippen molar-refractivity contribution in [1.82, 2.24) is 5.32 Å². The molecule has 5 saturated carbocycles. The number of rotatable bonds is 3. The summed E-state index contributed by atoms with van der Waals surface area (Å²) in [5.41, 5.74) is -0.218. The molecule has 4 nitrogen and oxygen atoms in total. The third kappa shape index (κ3) is 3.03. The monoisotopic (exact) mass is 510 g/mol. The molecular weight excluding hydrogens is 467 g/mol. The molecule has 3 N–H and O–H groups in total. The molecule has 1 heterocycles. The molecule has 3 radical (unpaired) electrons. The Morgan fingerprint density at radius 3 is 2.47 bits per heavy atom. The Hall–Kier alpha value is -0.370. The molecule has 6 rings (SSSR count). The van der Waals surface area contributed by atoms with Crippen LogP contribution in [0.3, 0.4) is 0 Å². The molecule has 1 unspecified atom stereocenters. The van der Waals surface area contributed by atoms with E-state index in [9.17, 15) is 23.4 Å². The Kier molecular flexibility index (Phi) is 5.49. The van der Waals surface area contributed by atoms with Crippen LogP contribution in [0.1, 0.15) is 86.0 Å². The van der Waals surface area contributed by atoms with Crippen molar-refractivity contribution in [3.05, 3.63) is 18.1 Å². The first-order valence-electron chi connectivity index (χ1n) is 14.0. The molecule has 0 bridgehead atoms. The molecule has 36 heavy (non-hydrogen) atoms. The van der Waals surface area contributed by atoms with Crippen molar-refractivity contribution in [3.8, 4) is 0 Å². The van der Waals surface area contributed by atoms with Crippen molar-refractivity contribution in [1.29, 1.82) is 0 Å². The Labute approximate surface area is 214 Å². The zero-order valence-corrected chi connectivity index (χ0v) is 22.4. The topological polar surface area (TPSA) is 61.7 Å². The second-order valence-electron chi connectivity index (χ2n) is 14.3. The number of ether oxygens (including phenoxy) is 1. The van der Waals surface area contributed by atoms with Gasteiger partial charge in [0.1, 0.15) is 12.2 Å². The number of fused-ring (bicyclic) bond motifs is 4. The lowest BCUT2D eigenvalue weighted by molar-refractivity contribution is -0.125. The number of nitrogens with one attached hydrogen (secondary N) is 1. The van der Waals surface area contributed by atoms with Crippen molar-refractivity contribution in [3.63, 3.8) is 0 Å². The van der Waals surface area contributed by atoms with E-state index in [1.165, 1.54) is 12.3 Å². The minimum atomic E-state index is -4.26. The van der Waals surface area contributed by atoms with E-state index in [0.29, 0.717) is 24.5 Å². The summed E-state index contributed by atoms with van der Waals surface area (Å²) in [5, 5.41) is 25.3. The van der Waals surface area contributed by atoms with Gasteiger partial charge >= 0.3 is 6.18 Å². The third-order valence-corrected chi connectivity index (χ3v) is 12.7. The molecule has 2 spiro atoms. The standard InChI is InChI=1S/C29H43F3NO3/c1-16-12-17(13-33-15-29(30,31)32)36-22-21(16)25(4)10-11-28-14-27(28)9-8-20(34)24(2,3)18(27)6-7-19(28)26(25,5)23(22)35/h16,18,20-21,23,33-35H,6-15H2,1-5H3/t16-,18+,20?,21+,23+,25-,26-,27-,28+/m1/s1. The second kappa shape index (κ2) is 7.63. The van der Waals surface area contributed by atoms with Crippen LogP contribution in [-0.2, 0) is 4.74 Å². The van der Waals surface area contributed by atoms with Gasteiger partial charge in [0.25, 0.3) is 0 Å². The van der Waals surface area contributed by atoms with E-state index >= 15 is 0 Å². The summed E-state index contributed by atoms with van der Waals surface area (Å²) in [4.78, 5) is 0. The van der Waals surface area contributed by atoms with E-state index in [0.717, 1.165) is 38.5 Å². The maximum absolute atomic E-state index is 12.7. The average molecular weight is 511 g/mol. The lowest BCUT2D eigenvalue weighted by Gasteiger charge is -2.63. The van der Waals surface area contributed by atoms with Crippen LogP contribution in [0.15, 0.2) is 0 Å². The summed E-state index contributed by atoms with van der Waals surface area (Å²) in [7, 11) is 0. The largest absolute Gasteiger partial charge is 0.401 e. The van der Waals surface area contributed by atoms with Crippen LogP contribution in [0.5, 0.6) is 0 Å². The van der Waals surface area contributed by atoms with Crippen molar-refractivity contribution < 1.29 is 28.1 Å². The molecule has 203 valence electrons. The molecule has 1 saturated heterocycles. The van der Waals surface area contributed by atoms with Crippen LogP contribution in [0.25, 0.3) is 0 Å². The van der Waals surface area contributed by atoms with Crippen molar-refractivity contribution in [2.45, 2.75) is 104 Å². The fraction of sp³-hybridized carbons (Fsp3) is 0.897. The Balaban J connectivity index is 1.28. The Morgan fingerprint density at radius 1 is 1.06 bits per heavy atom. The molecular formula is C29H43F3NO3. The number of halogens is 3. The molecule has 5 aliphatic carbocycles. The SMILES string of the molecule is C[C@@H]1C[C](CNCC(F)(F)F)O[C]2[C@H]1[C@@]1(C)CC[C@@]34C[C@@]35CCC(O)C(C)(C)[C@@H]5CC[C]4[C@]1(C)[C@H]2O. The molecule has 6 aliphatic rings. The lowest BCUT2D eigenvalue weighted by Crippen LogP contribution is -2.58. The van der Waals surface area contributed by atoms with Gasteiger partial charge in [0.2, 0.25) is 0 Å². The van der Waals surface area contributed by atoms with E-state index in [2.05, 4.69) is 39.9 Å². The average Bonchev–Trinajstić information content (AvgIpc) is 3.41. The van der Waals surface area contributed by atoms with Crippen molar-refractivity contribution in [2.24, 2.45) is 44.8 Å². The highest BCUT2D eigenvalue weighted by molar-refractivity contribution is 5.44. The summed E-state index contributed by atoms with van der Waals surface area (Å²) in [6.45, 7) is 10.3. The van der Waals surface area contributed by atoms with E-state index in [-0.39, 0.29) is 46.1 Å². The van der Waals surface area contributed by atoms with E-state index < -0.39 is 24.2 Å². The number of aliphatic hydroxyl groups excluding tert-OH is 2. The molecule has 7 heteroatoms. The third-order valence-electron chi connectivity index (χ3n) is 12.7. The van der Waals surface area contributed by atoms with Gasteiger partial charge in [-0.15, -0.1) is 0 Å². The van der Waals surface area contributed by atoms with E-state index in [1.54, 1.807) is 0 Å². The van der Waals surface area contributed by atoms with Crippen LogP contribution in [0.4, 0.5) is 13.2 Å². The minimum absolute atomic E-state index is 0.0585. The fourth-order valence-corrected chi connectivity index (χ4v) is 11.0. The highest BCUT2D eigenvalue weighted by Gasteiger charge is 2.85. The Morgan fingerprint density at radius 2 is 1.78 bits per heavy atom. The molecule has 0 aromatic rings. The van der Waals surface area contributed by atoms with E-state index in [1.807, 2.05) is 0 Å². The fourth-order valence-electron chi connectivity index (χ4n) is 11.0. The number of hydrogen-bond donors (Lipinski definition) is 3.